The summed E-state index contributed by atoms with van der Waals surface area (Å²) in [4.78, 5) is 27.2. The number of ether oxygens (including phenoxy) is 1. The van der Waals surface area contributed by atoms with Gasteiger partial charge in [0.2, 0.25) is 4.96 Å². The Labute approximate surface area is 122 Å². The lowest BCUT2D eigenvalue weighted by Gasteiger charge is -2.03. The average Bonchev–Trinajstić information content (AvgIpc) is 3.03. The number of nitrogens with two attached hydrogens (primary N) is 1. The van der Waals surface area contributed by atoms with Crippen LogP contribution in [0.3, 0.4) is 0 Å². The first kappa shape index (κ1) is 13.3. The van der Waals surface area contributed by atoms with Crippen molar-refractivity contribution in [1.29, 1.82) is 0 Å². The Morgan fingerprint density at radius 2 is 2.14 bits per heavy atom. The zero-order chi connectivity index (χ0) is 14.8. The van der Waals surface area contributed by atoms with E-state index in [0.717, 1.165) is 5.56 Å². The molecule has 21 heavy (non-hydrogen) atoms. The molecule has 2 aromatic heterocycles. The number of hydrogen-bond donors (Lipinski definition) is 1. The van der Waals surface area contributed by atoms with Crippen LogP contribution in [0.2, 0.25) is 0 Å². The number of carbonyl (C=O) groups excluding carboxylic acids is 1. The van der Waals surface area contributed by atoms with Gasteiger partial charge in [-0.05, 0) is 23.8 Å². The Hall–Kier alpha value is -2.74. The maximum absolute atomic E-state index is 12.0. The second kappa shape index (κ2) is 5.33. The van der Waals surface area contributed by atoms with Crippen LogP contribution in [-0.2, 0) is 4.79 Å². The Morgan fingerprint density at radius 1 is 1.38 bits per heavy atom. The zero-order valence-electron chi connectivity index (χ0n) is 10.7. The Morgan fingerprint density at radius 3 is 2.81 bits per heavy atom. The molecule has 0 spiro atoms. The van der Waals surface area contributed by atoms with Gasteiger partial charge in [-0.15, -0.1) is 0 Å². The van der Waals surface area contributed by atoms with Crippen molar-refractivity contribution in [3.8, 4) is 5.75 Å². The van der Waals surface area contributed by atoms with E-state index in [1.54, 1.807) is 30.3 Å². The predicted octanol–water partition coefficient (Wildman–Crippen LogP) is -0.437. The third-order valence-corrected chi connectivity index (χ3v) is 3.65. The van der Waals surface area contributed by atoms with Crippen molar-refractivity contribution < 1.29 is 9.53 Å². The van der Waals surface area contributed by atoms with Gasteiger partial charge in [-0.3, -0.25) is 9.59 Å². The minimum atomic E-state index is -0.531. The molecule has 106 valence electrons. The minimum Gasteiger partial charge on any atom is -0.484 e. The largest absolute Gasteiger partial charge is 0.484 e. The number of aromatic nitrogens is 3. The third kappa shape index (κ3) is 2.75. The molecule has 0 aliphatic heterocycles. The quantitative estimate of drug-likeness (QED) is 0.704. The van der Waals surface area contributed by atoms with Crippen molar-refractivity contribution in [2.24, 2.45) is 5.73 Å². The number of hydrogen-bond acceptors (Lipinski definition) is 6. The molecule has 7 nitrogen and oxygen atoms in total. The number of primary amides is 1. The molecule has 2 heterocycles. The molecular formula is C13H10N4O3S. The molecule has 0 aliphatic rings. The van der Waals surface area contributed by atoms with Gasteiger partial charge in [0, 0.05) is 0 Å². The van der Waals surface area contributed by atoms with Crippen molar-refractivity contribution in [3.63, 3.8) is 0 Å². The van der Waals surface area contributed by atoms with Crippen LogP contribution in [0.4, 0.5) is 0 Å². The van der Waals surface area contributed by atoms with Crippen molar-refractivity contribution in [2.75, 3.05) is 6.61 Å². The second-order valence-corrected chi connectivity index (χ2v) is 5.20. The van der Waals surface area contributed by atoms with Crippen LogP contribution in [0.15, 0.2) is 35.4 Å². The molecule has 0 bridgehead atoms. The van der Waals surface area contributed by atoms with Gasteiger partial charge in [0.25, 0.3) is 11.5 Å². The van der Waals surface area contributed by atoms with Crippen molar-refractivity contribution in [2.45, 2.75) is 0 Å². The van der Waals surface area contributed by atoms with Crippen LogP contribution < -0.4 is 20.6 Å². The van der Waals surface area contributed by atoms with Gasteiger partial charge in [-0.2, -0.15) is 9.61 Å². The second-order valence-electron chi connectivity index (χ2n) is 4.19. The van der Waals surface area contributed by atoms with E-state index in [2.05, 4.69) is 10.1 Å². The van der Waals surface area contributed by atoms with Crippen LogP contribution in [0.5, 0.6) is 5.75 Å². The lowest BCUT2D eigenvalue weighted by molar-refractivity contribution is -0.119. The topological polar surface area (TPSA) is 99.6 Å². The fourth-order valence-corrected chi connectivity index (χ4v) is 2.63. The van der Waals surface area contributed by atoms with Crippen LogP contribution in [0, 0.1) is 0 Å². The Kier molecular flexibility index (Phi) is 3.36. The molecule has 0 atom stereocenters. The Bertz CT molecular complexity index is 898. The summed E-state index contributed by atoms with van der Waals surface area (Å²) in [5.41, 5.74) is 5.64. The number of rotatable bonds is 4. The van der Waals surface area contributed by atoms with E-state index in [4.69, 9.17) is 10.5 Å². The average molecular weight is 302 g/mol. The molecule has 3 aromatic rings. The molecule has 1 aromatic carbocycles. The molecule has 0 radical (unpaired) electrons. The Balaban J connectivity index is 1.89. The van der Waals surface area contributed by atoms with E-state index >= 15 is 0 Å². The lowest BCUT2D eigenvalue weighted by Crippen LogP contribution is -2.23. The molecule has 8 heteroatoms. The number of benzene rings is 1. The van der Waals surface area contributed by atoms with Crippen LogP contribution in [0.25, 0.3) is 11.0 Å². The molecule has 0 unspecified atom stereocenters. The number of fused-ring (bicyclic) bond motifs is 1. The lowest BCUT2D eigenvalue weighted by atomic mass is 10.2. The summed E-state index contributed by atoms with van der Waals surface area (Å²) >= 11 is 1.27. The highest BCUT2D eigenvalue weighted by molar-refractivity contribution is 7.15. The van der Waals surface area contributed by atoms with Crippen molar-refractivity contribution >= 4 is 28.3 Å². The van der Waals surface area contributed by atoms with Gasteiger partial charge >= 0.3 is 0 Å². The fraction of sp³-hybridized carbons (Fsp3) is 0.0769. The van der Waals surface area contributed by atoms with Gasteiger partial charge < -0.3 is 10.5 Å². The zero-order valence-corrected chi connectivity index (χ0v) is 11.5. The van der Waals surface area contributed by atoms with Gasteiger partial charge in [0.05, 0.1) is 4.53 Å². The predicted molar refractivity (Wildman–Crippen MR) is 77.1 cm³/mol. The number of thiazole rings is 1. The maximum Gasteiger partial charge on any atom is 0.291 e. The van der Waals surface area contributed by atoms with Gasteiger partial charge in [0.1, 0.15) is 12.1 Å². The van der Waals surface area contributed by atoms with E-state index in [9.17, 15) is 9.59 Å². The summed E-state index contributed by atoms with van der Waals surface area (Å²) in [6.07, 6.45) is 3.10. The monoisotopic (exact) mass is 302 g/mol. The summed E-state index contributed by atoms with van der Waals surface area (Å²) in [5.74, 6) is 0.00649. The van der Waals surface area contributed by atoms with Gasteiger partial charge in [0.15, 0.2) is 6.61 Å². The van der Waals surface area contributed by atoms with Gasteiger partial charge in [-0.1, -0.05) is 23.5 Å². The van der Waals surface area contributed by atoms with Crippen LogP contribution >= 0.6 is 11.3 Å². The normalized spacial score (nSPS) is 11.9. The third-order valence-electron chi connectivity index (χ3n) is 2.68. The highest BCUT2D eigenvalue weighted by Gasteiger charge is 2.05. The highest BCUT2D eigenvalue weighted by Crippen LogP contribution is 2.12. The summed E-state index contributed by atoms with van der Waals surface area (Å²) in [6, 6.07) is 6.98. The standard InChI is InChI=1S/C13H10N4O3S/c14-11(18)6-20-9-3-1-8(2-4-9)5-10-12(19)17-13(21-10)15-7-16-17/h1-5,7H,6H2,(H2,14,18)/b10-5+. The first-order valence-electron chi connectivity index (χ1n) is 5.99. The highest BCUT2D eigenvalue weighted by atomic mass is 32.1. The number of amides is 1. The molecular weight excluding hydrogens is 292 g/mol. The summed E-state index contributed by atoms with van der Waals surface area (Å²) in [6.45, 7) is -0.165. The molecule has 2 N–H and O–H groups in total. The van der Waals surface area contributed by atoms with Crippen molar-refractivity contribution in [3.05, 3.63) is 51.0 Å². The molecule has 1 amide bonds. The first-order chi connectivity index (χ1) is 10.1. The van der Waals surface area contributed by atoms with E-state index in [1.165, 1.54) is 22.2 Å². The molecule has 0 saturated carbocycles. The van der Waals surface area contributed by atoms with E-state index < -0.39 is 5.91 Å². The molecule has 0 aliphatic carbocycles. The summed E-state index contributed by atoms with van der Waals surface area (Å²) in [7, 11) is 0. The molecule has 0 saturated heterocycles. The summed E-state index contributed by atoms with van der Waals surface area (Å²) < 4.78 is 6.98. The smallest absolute Gasteiger partial charge is 0.291 e. The number of carbonyl (C=O) groups is 1. The van der Waals surface area contributed by atoms with E-state index in [-0.39, 0.29) is 12.2 Å². The van der Waals surface area contributed by atoms with Gasteiger partial charge in [-0.25, -0.2) is 4.98 Å². The maximum atomic E-state index is 12.0. The fourth-order valence-electron chi connectivity index (χ4n) is 1.74. The first-order valence-corrected chi connectivity index (χ1v) is 6.80. The molecule has 0 fully saturated rings. The summed E-state index contributed by atoms with van der Waals surface area (Å²) in [5, 5.41) is 3.86. The van der Waals surface area contributed by atoms with Crippen LogP contribution in [0.1, 0.15) is 5.56 Å². The SMILES string of the molecule is NC(=O)COc1ccc(/C=c2/sc3ncnn3c2=O)cc1. The minimum absolute atomic E-state index is 0.165. The number of nitrogens with zero attached hydrogens (tertiary/aromatic N) is 3. The van der Waals surface area contributed by atoms with E-state index in [1.807, 2.05) is 0 Å². The van der Waals surface area contributed by atoms with E-state index in [0.29, 0.717) is 15.2 Å². The van der Waals surface area contributed by atoms with Crippen LogP contribution in [-0.4, -0.2) is 27.1 Å². The molecule has 3 rings (SSSR count). The van der Waals surface area contributed by atoms with Crippen molar-refractivity contribution in [1.82, 2.24) is 14.6 Å².